The molecule has 1 N–H and O–H groups in total. The Bertz CT molecular complexity index is 823. The van der Waals surface area contributed by atoms with E-state index in [1.165, 1.54) is 11.6 Å². The summed E-state index contributed by atoms with van der Waals surface area (Å²) in [6, 6.07) is 13.8. The molecule has 0 bridgehead atoms. The van der Waals surface area contributed by atoms with Crippen LogP contribution in [-0.2, 0) is 11.2 Å². The average Bonchev–Trinajstić information content (AvgIpc) is 2.80. The van der Waals surface area contributed by atoms with E-state index < -0.39 is 0 Å². The van der Waals surface area contributed by atoms with Crippen LogP contribution in [0.3, 0.4) is 0 Å². The maximum Gasteiger partial charge on any atom is 0.224 e. The lowest BCUT2D eigenvalue weighted by atomic mass is 9.93. The molecule has 6 heteroatoms. The van der Waals surface area contributed by atoms with Crippen molar-refractivity contribution in [3.05, 3.63) is 60.0 Å². The van der Waals surface area contributed by atoms with E-state index in [9.17, 15) is 9.18 Å². The van der Waals surface area contributed by atoms with Gasteiger partial charge in [0.15, 0.2) is 11.6 Å². The summed E-state index contributed by atoms with van der Waals surface area (Å²) in [6.45, 7) is 4.19. The van der Waals surface area contributed by atoms with E-state index in [0.717, 1.165) is 58.3 Å². The molecule has 2 aromatic rings. The first-order valence-electron chi connectivity index (χ1n) is 11.1. The lowest BCUT2D eigenvalue weighted by Crippen LogP contribution is -2.51. The van der Waals surface area contributed by atoms with E-state index in [4.69, 9.17) is 0 Å². The standard InChI is InChI=1S/C24H31FN4O/c25-22-9-4-13-26-23(22)28-16-11-21(12-17-28)29-15-5-8-20(18-29)24(30)27-14-10-19-6-2-1-3-7-19/h1-4,6-7,9,13,20-21H,5,8,10-12,14-18H2,(H,27,30). The minimum atomic E-state index is -0.249. The Labute approximate surface area is 178 Å². The van der Waals surface area contributed by atoms with Gasteiger partial charge in [-0.1, -0.05) is 30.3 Å². The number of nitrogens with one attached hydrogen (secondary N) is 1. The second-order valence-corrected chi connectivity index (χ2v) is 8.39. The van der Waals surface area contributed by atoms with Crippen LogP contribution >= 0.6 is 0 Å². The second-order valence-electron chi connectivity index (χ2n) is 8.39. The van der Waals surface area contributed by atoms with Crippen molar-refractivity contribution in [2.45, 2.75) is 38.1 Å². The lowest BCUT2D eigenvalue weighted by Gasteiger charge is -2.42. The molecule has 2 aliphatic heterocycles. The number of carbonyl (C=O) groups excluding carboxylic acids is 1. The van der Waals surface area contributed by atoms with Crippen LogP contribution in [0.15, 0.2) is 48.7 Å². The molecule has 2 saturated heterocycles. The van der Waals surface area contributed by atoms with Gasteiger partial charge in [-0.25, -0.2) is 9.37 Å². The molecule has 0 aliphatic carbocycles. The normalized spacial score (nSPS) is 20.8. The van der Waals surface area contributed by atoms with Crippen molar-refractivity contribution < 1.29 is 9.18 Å². The fourth-order valence-electron chi connectivity index (χ4n) is 4.72. The van der Waals surface area contributed by atoms with Crippen LogP contribution in [0.2, 0.25) is 0 Å². The number of piperidine rings is 2. The minimum Gasteiger partial charge on any atom is -0.355 e. The topological polar surface area (TPSA) is 48.5 Å². The van der Waals surface area contributed by atoms with E-state index in [-0.39, 0.29) is 17.6 Å². The number of hydrogen-bond acceptors (Lipinski definition) is 4. The van der Waals surface area contributed by atoms with E-state index in [1.54, 1.807) is 12.3 Å². The Morgan fingerprint density at radius 3 is 2.63 bits per heavy atom. The molecule has 160 valence electrons. The Morgan fingerprint density at radius 2 is 1.87 bits per heavy atom. The van der Waals surface area contributed by atoms with Gasteiger partial charge in [-0.15, -0.1) is 0 Å². The molecule has 1 aromatic carbocycles. The molecule has 2 fully saturated rings. The monoisotopic (exact) mass is 410 g/mol. The van der Waals surface area contributed by atoms with Gasteiger partial charge >= 0.3 is 0 Å². The van der Waals surface area contributed by atoms with Gasteiger partial charge in [0.2, 0.25) is 5.91 Å². The Balaban J connectivity index is 1.24. The lowest BCUT2D eigenvalue weighted by molar-refractivity contribution is -0.127. The SMILES string of the molecule is O=C(NCCc1ccccc1)C1CCCN(C2CCN(c3ncccc3F)CC2)C1. The van der Waals surface area contributed by atoms with Gasteiger partial charge in [-0.05, 0) is 56.3 Å². The molecule has 1 atom stereocenters. The molecule has 0 spiro atoms. The van der Waals surface area contributed by atoms with Crippen LogP contribution < -0.4 is 10.2 Å². The van der Waals surface area contributed by atoms with Crippen LogP contribution in [0.4, 0.5) is 10.2 Å². The van der Waals surface area contributed by atoms with Crippen LogP contribution in [-0.4, -0.2) is 54.6 Å². The van der Waals surface area contributed by atoms with E-state index >= 15 is 0 Å². The highest BCUT2D eigenvalue weighted by Crippen LogP contribution is 2.26. The van der Waals surface area contributed by atoms with Gasteiger partial charge in [-0.3, -0.25) is 9.69 Å². The number of halogens is 1. The number of likely N-dealkylation sites (tertiary alicyclic amines) is 1. The van der Waals surface area contributed by atoms with Gasteiger partial charge in [0.25, 0.3) is 0 Å². The number of nitrogens with zero attached hydrogens (tertiary/aromatic N) is 3. The third-order valence-corrected chi connectivity index (χ3v) is 6.40. The summed E-state index contributed by atoms with van der Waals surface area (Å²) in [5, 5.41) is 3.14. The molecule has 30 heavy (non-hydrogen) atoms. The summed E-state index contributed by atoms with van der Waals surface area (Å²) in [7, 11) is 0. The zero-order valence-corrected chi connectivity index (χ0v) is 17.5. The highest BCUT2D eigenvalue weighted by Gasteiger charge is 2.32. The molecule has 4 rings (SSSR count). The molecule has 0 saturated carbocycles. The summed E-state index contributed by atoms with van der Waals surface area (Å²) < 4.78 is 14.0. The number of rotatable bonds is 6. The molecule has 1 unspecified atom stereocenters. The number of carbonyl (C=O) groups is 1. The first-order valence-corrected chi connectivity index (χ1v) is 11.1. The molecular formula is C24H31FN4O. The highest BCUT2D eigenvalue weighted by molar-refractivity contribution is 5.79. The first-order chi connectivity index (χ1) is 14.7. The Morgan fingerprint density at radius 1 is 1.07 bits per heavy atom. The van der Waals surface area contributed by atoms with Gasteiger partial charge in [-0.2, -0.15) is 0 Å². The quantitative estimate of drug-likeness (QED) is 0.794. The number of pyridine rings is 1. The van der Waals surface area contributed by atoms with Crippen LogP contribution in [0.25, 0.3) is 0 Å². The van der Waals surface area contributed by atoms with Crippen molar-refractivity contribution in [2.24, 2.45) is 5.92 Å². The van der Waals surface area contributed by atoms with E-state index in [0.29, 0.717) is 18.4 Å². The fourth-order valence-corrected chi connectivity index (χ4v) is 4.72. The van der Waals surface area contributed by atoms with Gasteiger partial charge < -0.3 is 10.2 Å². The summed E-state index contributed by atoms with van der Waals surface area (Å²) >= 11 is 0. The van der Waals surface area contributed by atoms with Crippen LogP contribution in [0.5, 0.6) is 0 Å². The van der Waals surface area contributed by atoms with Crippen molar-refractivity contribution >= 4 is 11.7 Å². The highest BCUT2D eigenvalue weighted by atomic mass is 19.1. The second kappa shape index (κ2) is 10.0. The zero-order chi connectivity index (χ0) is 20.8. The molecular weight excluding hydrogens is 379 g/mol. The number of amides is 1. The summed E-state index contributed by atoms with van der Waals surface area (Å²) in [5.41, 5.74) is 1.25. The largest absolute Gasteiger partial charge is 0.355 e. The maximum atomic E-state index is 14.0. The molecule has 2 aliphatic rings. The summed E-state index contributed by atoms with van der Waals surface area (Å²) in [5.74, 6) is 0.468. The Kier molecular flexibility index (Phi) is 6.95. The summed E-state index contributed by atoms with van der Waals surface area (Å²) in [6.07, 6.45) is 6.51. The molecule has 0 radical (unpaired) electrons. The van der Waals surface area contributed by atoms with Crippen molar-refractivity contribution in [3.8, 4) is 0 Å². The Hall–Kier alpha value is -2.47. The smallest absolute Gasteiger partial charge is 0.224 e. The predicted octanol–water partition coefficient (Wildman–Crippen LogP) is 3.26. The third-order valence-electron chi connectivity index (χ3n) is 6.40. The zero-order valence-electron chi connectivity index (χ0n) is 17.5. The molecule has 5 nitrogen and oxygen atoms in total. The number of aromatic nitrogens is 1. The van der Waals surface area contributed by atoms with Crippen molar-refractivity contribution in [2.75, 3.05) is 37.6 Å². The minimum absolute atomic E-state index is 0.0702. The van der Waals surface area contributed by atoms with Gasteiger partial charge in [0.05, 0.1) is 5.92 Å². The van der Waals surface area contributed by atoms with Gasteiger partial charge in [0, 0.05) is 38.4 Å². The molecule has 1 aromatic heterocycles. The van der Waals surface area contributed by atoms with Crippen molar-refractivity contribution in [1.29, 1.82) is 0 Å². The third kappa shape index (κ3) is 5.17. The maximum absolute atomic E-state index is 14.0. The average molecular weight is 411 g/mol. The van der Waals surface area contributed by atoms with Crippen molar-refractivity contribution in [1.82, 2.24) is 15.2 Å². The van der Waals surface area contributed by atoms with Crippen molar-refractivity contribution in [3.63, 3.8) is 0 Å². The number of hydrogen-bond donors (Lipinski definition) is 1. The molecule has 3 heterocycles. The van der Waals surface area contributed by atoms with E-state index in [1.807, 2.05) is 23.1 Å². The van der Waals surface area contributed by atoms with Crippen LogP contribution in [0, 0.1) is 11.7 Å². The van der Waals surface area contributed by atoms with Crippen LogP contribution in [0.1, 0.15) is 31.2 Å². The first kappa shape index (κ1) is 20.8. The van der Waals surface area contributed by atoms with E-state index in [2.05, 4.69) is 27.3 Å². The molecule has 1 amide bonds. The summed E-state index contributed by atoms with van der Waals surface area (Å²) in [4.78, 5) is 21.4. The predicted molar refractivity (Wildman–Crippen MR) is 117 cm³/mol. The van der Waals surface area contributed by atoms with Gasteiger partial charge in [0.1, 0.15) is 0 Å². The number of anilines is 1. The fraction of sp³-hybridized carbons (Fsp3) is 0.500. The number of benzene rings is 1.